The molecule has 0 aliphatic carbocycles. The smallest absolute Gasteiger partial charge is 0.233 e. The van der Waals surface area contributed by atoms with E-state index in [-0.39, 0.29) is 23.6 Å². The number of halogens is 4. The fourth-order valence-corrected chi connectivity index (χ4v) is 2.91. The summed E-state index contributed by atoms with van der Waals surface area (Å²) in [6.45, 7) is 1.59. The van der Waals surface area contributed by atoms with E-state index in [4.69, 9.17) is 11.6 Å². The molecule has 1 aromatic rings. The third-order valence-electron chi connectivity index (χ3n) is 2.04. The van der Waals surface area contributed by atoms with Crippen LogP contribution in [-0.4, -0.2) is 20.1 Å². The van der Waals surface area contributed by atoms with Gasteiger partial charge in [-0.3, -0.25) is 4.72 Å². The molecule has 1 unspecified atom stereocenters. The van der Waals surface area contributed by atoms with Gasteiger partial charge in [0, 0.05) is 18.0 Å². The van der Waals surface area contributed by atoms with Crippen LogP contribution in [-0.2, 0) is 10.0 Å². The van der Waals surface area contributed by atoms with E-state index in [9.17, 15) is 21.6 Å². The lowest BCUT2D eigenvalue weighted by molar-refractivity contribution is 0.496. The van der Waals surface area contributed by atoms with Crippen LogP contribution in [0.15, 0.2) is 12.1 Å². The standard InChI is InChI=1S/C10H11ClF3NO2S/c1-6(4-11)5-18(16,17)15-10-3-8(13)7(12)2-9(10)14/h2-3,6,15H,4-5H2,1H3. The number of rotatable bonds is 5. The van der Waals surface area contributed by atoms with Crippen molar-refractivity contribution < 1.29 is 21.6 Å². The summed E-state index contributed by atoms with van der Waals surface area (Å²) in [6.07, 6.45) is 0. The molecule has 1 N–H and O–H groups in total. The van der Waals surface area contributed by atoms with Crippen molar-refractivity contribution >= 4 is 27.3 Å². The van der Waals surface area contributed by atoms with E-state index in [1.807, 2.05) is 4.72 Å². The minimum Gasteiger partial charge on any atom is -0.280 e. The molecule has 1 rings (SSSR count). The molecule has 0 aromatic heterocycles. The van der Waals surface area contributed by atoms with Gasteiger partial charge in [0.1, 0.15) is 5.82 Å². The average molecular weight is 302 g/mol. The Balaban J connectivity index is 2.94. The number of sulfonamides is 1. The average Bonchev–Trinajstić information content (AvgIpc) is 2.24. The van der Waals surface area contributed by atoms with E-state index >= 15 is 0 Å². The number of hydrogen-bond acceptors (Lipinski definition) is 2. The largest absolute Gasteiger partial charge is 0.280 e. The van der Waals surface area contributed by atoms with E-state index in [1.54, 1.807) is 6.92 Å². The SMILES string of the molecule is CC(CCl)CS(=O)(=O)Nc1cc(F)c(F)cc1F. The number of nitrogens with one attached hydrogen (secondary N) is 1. The zero-order valence-corrected chi connectivity index (χ0v) is 11.0. The van der Waals surface area contributed by atoms with Crippen LogP contribution < -0.4 is 4.72 Å². The van der Waals surface area contributed by atoms with Crippen LogP contribution >= 0.6 is 11.6 Å². The highest BCUT2D eigenvalue weighted by molar-refractivity contribution is 7.92. The summed E-state index contributed by atoms with van der Waals surface area (Å²) >= 11 is 5.46. The Hall–Kier alpha value is -0.950. The minimum atomic E-state index is -3.86. The Morgan fingerprint density at radius 2 is 1.78 bits per heavy atom. The lowest BCUT2D eigenvalue weighted by Crippen LogP contribution is -2.22. The van der Waals surface area contributed by atoms with Crippen molar-refractivity contribution in [3.63, 3.8) is 0 Å². The molecular formula is C10H11ClF3NO2S. The van der Waals surface area contributed by atoms with E-state index in [0.717, 1.165) is 0 Å². The first-order chi connectivity index (χ1) is 8.25. The molecule has 1 aromatic carbocycles. The first-order valence-corrected chi connectivity index (χ1v) is 7.15. The van der Waals surface area contributed by atoms with E-state index in [1.165, 1.54) is 0 Å². The second-order valence-electron chi connectivity index (χ2n) is 3.89. The highest BCUT2D eigenvalue weighted by Gasteiger charge is 2.18. The minimum absolute atomic E-state index is 0.112. The highest BCUT2D eigenvalue weighted by atomic mass is 35.5. The maximum atomic E-state index is 13.2. The van der Waals surface area contributed by atoms with Gasteiger partial charge in [0.25, 0.3) is 0 Å². The van der Waals surface area contributed by atoms with E-state index in [0.29, 0.717) is 6.07 Å². The predicted molar refractivity (Wildman–Crippen MR) is 63.6 cm³/mol. The molecule has 0 bridgehead atoms. The monoisotopic (exact) mass is 301 g/mol. The molecular weight excluding hydrogens is 291 g/mol. The van der Waals surface area contributed by atoms with Crippen molar-refractivity contribution in [2.45, 2.75) is 6.92 Å². The molecule has 18 heavy (non-hydrogen) atoms. The van der Waals surface area contributed by atoms with Gasteiger partial charge in [0.15, 0.2) is 11.6 Å². The zero-order chi connectivity index (χ0) is 13.9. The Bertz CT molecular complexity index is 536. The number of hydrogen-bond donors (Lipinski definition) is 1. The van der Waals surface area contributed by atoms with Gasteiger partial charge in [-0.05, 0) is 5.92 Å². The maximum absolute atomic E-state index is 13.2. The molecule has 3 nitrogen and oxygen atoms in total. The molecule has 0 spiro atoms. The molecule has 0 fully saturated rings. The molecule has 0 aliphatic heterocycles. The third-order valence-corrected chi connectivity index (χ3v) is 4.11. The van der Waals surface area contributed by atoms with Crippen molar-refractivity contribution in [2.24, 2.45) is 5.92 Å². The Kier molecular flexibility index (Phi) is 4.86. The fourth-order valence-electron chi connectivity index (χ4n) is 1.23. The van der Waals surface area contributed by atoms with Gasteiger partial charge in [0.05, 0.1) is 11.4 Å². The topological polar surface area (TPSA) is 46.2 Å². The van der Waals surface area contributed by atoms with E-state index < -0.39 is 33.2 Å². The first kappa shape index (κ1) is 15.1. The van der Waals surface area contributed by atoms with E-state index in [2.05, 4.69) is 0 Å². The van der Waals surface area contributed by atoms with Crippen LogP contribution in [0.2, 0.25) is 0 Å². The fraction of sp³-hybridized carbons (Fsp3) is 0.400. The van der Waals surface area contributed by atoms with Gasteiger partial charge >= 0.3 is 0 Å². The summed E-state index contributed by atoms with van der Waals surface area (Å²) in [4.78, 5) is 0. The highest BCUT2D eigenvalue weighted by Crippen LogP contribution is 2.20. The molecule has 0 aliphatic rings. The van der Waals surface area contributed by atoms with Gasteiger partial charge in [-0.25, -0.2) is 21.6 Å². The number of alkyl halides is 1. The molecule has 0 saturated carbocycles. The normalized spacial score (nSPS) is 13.4. The van der Waals surface area contributed by atoms with Crippen molar-refractivity contribution in [1.29, 1.82) is 0 Å². The molecule has 0 heterocycles. The Morgan fingerprint density at radius 3 is 2.33 bits per heavy atom. The first-order valence-electron chi connectivity index (χ1n) is 4.96. The molecule has 0 radical (unpaired) electrons. The van der Waals surface area contributed by atoms with Crippen LogP contribution in [0, 0.1) is 23.4 Å². The quantitative estimate of drug-likeness (QED) is 0.671. The maximum Gasteiger partial charge on any atom is 0.233 e. The van der Waals surface area contributed by atoms with Crippen LogP contribution in [0.4, 0.5) is 18.9 Å². The summed E-state index contributed by atoms with van der Waals surface area (Å²) in [7, 11) is -3.86. The lowest BCUT2D eigenvalue weighted by Gasteiger charge is -2.11. The van der Waals surface area contributed by atoms with Crippen molar-refractivity contribution in [1.82, 2.24) is 0 Å². The summed E-state index contributed by atoms with van der Waals surface area (Å²) < 4.78 is 63.7. The van der Waals surface area contributed by atoms with Crippen molar-refractivity contribution in [3.8, 4) is 0 Å². The van der Waals surface area contributed by atoms with Gasteiger partial charge in [-0.15, -0.1) is 11.6 Å². The van der Waals surface area contributed by atoms with Gasteiger partial charge in [0.2, 0.25) is 10.0 Å². The van der Waals surface area contributed by atoms with Gasteiger partial charge < -0.3 is 0 Å². The molecule has 0 amide bonds. The summed E-state index contributed by atoms with van der Waals surface area (Å²) in [5.74, 6) is -4.48. The summed E-state index contributed by atoms with van der Waals surface area (Å²) in [6, 6.07) is 0.728. The van der Waals surface area contributed by atoms with Crippen LogP contribution in [0.1, 0.15) is 6.92 Å². The zero-order valence-electron chi connectivity index (χ0n) is 9.38. The van der Waals surface area contributed by atoms with Gasteiger partial charge in [-0.1, -0.05) is 6.92 Å². The van der Waals surface area contributed by atoms with Crippen molar-refractivity contribution in [3.05, 3.63) is 29.6 Å². The van der Waals surface area contributed by atoms with Crippen LogP contribution in [0.3, 0.4) is 0 Å². The van der Waals surface area contributed by atoms with Crippen LogP contribution in [0.5, 0.6) is 0 Å². The molecule has 102 valence electrons. The van der Waals surface area contributed by atoms with Crippen molar-refractivity contribution in [2.75, 3.05) is 16.4 Å². The molecule has 8 heteroatoms. The second-order valence-corrected chi connectivity index (χ2v) is 5.96. The summed E-state index contributed by atoms with van der Waals surface area (Å²) in [5.41, 5.74) is -0.629. The molecule has 0 saturated heterocycles. The molecule has 1 atom stereocenters. The number of benzene rings is 1. The Morgan fingerprint density at radius 1 is 1.22 bits per heavy atom. The Labute approximate surface area is 108 Å². The number of anilines is 1. The predicted octanol–water partition coefficient (Wildman–Crippen LogP) is 2.72. The van der Waals surface area contributed by atoms with Gasteiger partial charge in [-0.2, -0.15) is 0 Å². The van der Waals surface area contributed by atoms with Crippen LogP contribution in [0.25, 0.3) is 0 Å². The summed E-state index contributed by atoms with van der Waals surface area (Å²) in [5, 5.41) is 0. The lowest BCUT2D eigenvalue weighted by atomic mass is 10.3. The third kappa shape index (κ3) is 4.06. The second kappa shape index (κ2) is 5.79.